The maximum atomic E-state index is 12.6. The number of carbonyl (C=O) groups excluding carboxylic acids is 1. The molecular weight excluding hydrogens is 516 g/mol. The van der Waals surface area contributed by atoms with Gasteiger partial charge in [0.1, 0.15) is 21.3 Å². The molecule has 0 saturated heterocycles. The van der Waals surface area contributed by atoms with E-state index in [4.69, 9.17) is 8.37 Å². The van der Waals surface area contributed by atoms with E-state index in [1.807, 2.05) is 0 Å². The molecule has 0 aliphatic carbocycles. The van der Waals surface area contributed by atoms with Crippen molar-refractivity contribution in [3.05, 3.63) is 109 Å². The van der Waals surface area contributed by atoms with E-state index < -0.39 is 26.3 Å². The molecule has 0 bridgehead atoms. The molecule has 4 rings (SSSR count). The molecule has 190 valence electrons. The van der Waals surface area contributed by atoms with Gasteiger partial charge in [0, 0.05) is 23.5 Å². The van der Waals surface area contributed by atoms with Gasteiger partial charge in [-0.25, -0.2) is 4.79 Å². The van der Waals surface area contributed by atoms with Gasteiger partial charge < -0.3 is 19.0 Å². The molecule has 2 N–H and O–H groups in total. The van der Waals surface area contributed by atoms with Crippen molar-refractivity contribution >= 4 is 37.6 Å². The van der Waals surface area contributed by atoms with E-state index in [0.717, 1.165) is 0 Å². The number of benzene rings is 4. The van der Waals surface area contributed by atoms with Crippen LogP contribution in [0.2, 0.25) is 0 Å². The third-order valence-electron chi connectivity index (χ3n) is 5.01. The second kappa shape index (κ2) is 10.7. The lowest BCUT2D eigenvalue weighted by Gasteiger charge is -2.13. The summed E-state index contributed by atoms with van der Waals surface area (Å²) in [6.07, 6.45) is 0. The zero-order valence-electron chi connectivity index (χ0n) is 19.5. The Morgan fingerprint density at radius 3 is 1.76 bits per heavy atom. The zero-order chi connectivity index (χ0) is 26.5. The number of anilines is 2. The lowest BCUT2D eigenvalue weighted by atomic mass is 10.2. The Hall–Kier alpha value is -4.35. The smallest absolute Gasteiger partial charge is 0.339 e. The van der Waals surface area contributed by atoms with E-state index in [1.165, 1.54) is 48.5 Å². The van der Waals surface area contributed by atoms with Gasteiger partial charge in [0.25, 0.3) is 0 Å². The molecule has 0 aliphatic rings. The third kappa shape index (κ3) is 6.66. The average Bonchev–Trinajstić information content (AvgIpc) is 2.87. The predicted octanol–water partition coefficient (Wildman–Crippen LogP) is 5.17. The Morgan fingerprint density at radius 1 is 0.622 bits per heavy atom. The third-order valence-corrected chi connectivity index (χ3v) is 7.52. The Kier molecular flexibility index (Phi) is 7.46. The molecule has 11 heteroatoms. The van der Waals surface area contributed by atoms with Crippen molar-refractivity contribution in [3.8, 4) is 11.5 Å². The fraction of sp³-hybridized carbons (Fsp3) is 0.0385. The summed E-state index contributed by atoms with van der Waals surface area (Å²) in [7, 11) is -8.10. The quantitative estimate of drug-likeness (QED) is 0.296. The number of rotatable bonds is 8. The summed E-state index contributed by atoms with van der Waals surface area (Å²) in [6.45, 7) is 1.68. The number of carbonyl (C=O) groups is 1. The lowest BCUT2D eigenvalue weighted by molar-refractivity contribution is 0.262. The number of urea groups is 1. The molecule has 0 saturated carbocycles. The van der Waals surface area contributed by atoms with Crippen LogP contribution in [0.4, 0.5) is 16.2 Å². The highest BCUT2D eigenvalue weighted by Gasteiger charge is 2.19. The van der Waals surface area contributed by atoms with Crippen molar-refractivity contribution < 1.29 is 30.0 Å². The molecule has 0 aromatic heterocycles. The van der Waals surface area contributed by atoms with Crippen LogP contribution in [0, 0.1) is 6.92 Å². The van der Waals surface area contributed by atoms with Crippen LogP contribution in [0.3, 0.4) is 0 Å². The summed E-state index contributed by atoms with van der Waals surface area (Å²) < 4.78 is 60.5. The summed E-state index contributed by atoms with van der Waals surface area (Å²) >= 11 is 0. The van der Waals surface area contributed by atoms with Crippen molar-refractivity contribution in [3.63, 3.8) is 0 Å². The van der Waals surface area contributed by atoms with Crippen molar-refractivity contribution in [2.75, 3.05) is 10.6 Å². The van der Waals surface area contributed by atoms with Gasteiger partial charge in [-0.05, 0) is 55.0 Å². The summed E-state index contributed by atoms with van der Waals surface area (Å²) in [6, 6.07) is 25.2. The first-order chi connectivity index (χ1) is 17.6. The normalized spacial score (nSPS) is 11.4. The maximum absolute atomic E-state index is 12.6. The molecule has 9 nitrogen and oxygen atoms in total. The van der Waals surface area contributed by atoms with Crippen LogP contribution in [0.1, 0.15) is 5.56 Å². The summed E-state index contributed by atoms with van der Waals surface area (Å²) in [5, 5.41) is 5.17. The van der Waals surface area contributed by atoms with Gasteiger partial charge in [-0.15, -0.1) is 0 Å². The van der Waals surface area contributed by atoms with Gasteiger partial charge in [0.15, 0.2) is 0 Å². The Balaban J connectivity index is 1.44. The van der Waals surface area contributed by atoms with Crippen LogP contribution in [0.25, 0.3) is 0 Å². The van der Waals surface area contributed by atoms with Crippen molar-refractivity contribution in [1.29, 1.82) is 0 Å². The van der Waals surface area contributed by atoms with E-state index >= 15 is 0 Å². The van der Waals surface area contributed by atoms with Gasteiger partial charge in [0.05, 0.1) is 0 Å². The minimum Gasteiger partial charge on any atom is -0.379 e. The molecule has 2 amide bonds. The van der Waals surface area contributed by atoms with Crippen LogP contribution in [-0.2, 0) is 20.2 Å². The van der Waals surface area contributed by atoms with Crippen LogP contribution in [-0.4, -0.2) is 22.9 Å². The second-order valence-electron chi connectivity index (χ2n) is 7.79. The average molecular weight is 539 g/mol. The van der Waals surface area contributed by atoms with Crippen molar-refractivity contribution in [1.82, 2.24) is 0 Å². The monoisotopic (exact) mass is 538 g/mol. The van der Waals surface area contributed by atoms with E-state index in [9.17, 15) is 21.6 Å². The molecular formula is C26H22N2O7S2. The highest BCUT2D eigenvalue weighted by atomic mass is 32.2. The Labute approximate surface area is 214 Å². The highest BCUT2D eigenvalue weighted by molar-refractivity contribution is 7.87. The molecule has 0 spiro atoms. The van der Waals surface area contributed by atoms with Crippen LogP contribution >= 0.6 is 0 Å². The fourth-order valence-corrected chi connectivity index (χ4v) is 5.15. The summed E-state index contributed by atoms with van der Waals surface area (Å²) in [5.74, 6) is 0.0713. The summed E-state index contributed by atoms with van der Waals surface area (Å²) in [5.41, 5.74) is 1.10. The van der Waals surface area contributed by atoms with Crippen LogP contribution in [0.15, 0.2) is 113 Å². The maximum Gasteiger partial charge on any atom is 0.339 e. The number of amides is 2. The van der Waals surface area contributed by atoms with Gasteiger partial charge in [-0.3, -0.25) is 0 Å². The van der Waals surface area contributed by atoms with E-state index in [2.05, 4.69) is 10.6 Å². The minimum atomic E-state index is -4.06. The van der Waals surface area contributed by atoms with Gasteiger partial charge >= 0.3 is 26.3 Å². The van der Waals surface area contributed by atoms with E-state index in [1.54, 1.807) is 61.5 Å². The molecule has 0 unspecified atom stereocenters. The molecule has 4 aromatic carbocycles. The summed E-state index contributed by atoms with van der Waals surface area (Å²) in [4.78, 5) is 12.6. The standard InChI is InChI=1S/C26H22N2O7S2/c1-19-15-16-21(18-25(19)35-37(32,33)24-13-6-3-7-14-24)28-26(29)27-20-9-8-10-22(17-20)34-36(30,31)23-11-4-2-5-12-23/h2-18H,1H3,(H2,27,28,29). The van der Waals surface area contributed by atoms with E-state index in [-0.39, 0.29) is 32.7 Å². The highest BCUT2D eigenvalue weighted by Crippen LogP contribution is 2.27. The topological polar surface area (TPSA) is 128 Å². The SMILES string of the molecule is Cc1ccc(NC(=O)Nc2cccc(OS(=O)(=O)c3ccccc3)c2)cc1OS(=O)(=O)c1ccccc1. The molecule has 0 heterocycles. The molecule has 4 aromatic rings. The van der Waals surface area contributed by atoms with Gasteiger partial charge in [-0.1, -0.05) is 48.5 Å². The molecule has 0 fully saturated rings. The van der Waals surface area contributed by atoms with Crippen LogP contribution < -0.4 is 19.0 Å². The van der Waals surface area contributed by atoms with Gasteiger partial charge in [-0.2, -0.15) is 16.8 Å². The number of nitrogens with one attached hydrogen (secondary N) is 2. The first kappa shape index (κ1) is 25.7. The molecule has 0 atom stereocenters. The number of hydrogen-bond acceptors (Lipinski definition) is 7. The molecule has 0 aliphatic heterocycles. The van der Waals surface area contributed by atoms with Crippen molar-refractivity contribution in [2.24, 2.45) is 0 Å². The number of aryl methyl sites for hydroxylation is 1. The number of hydrogen-bond donors (Lipinski definition) is 2. The molecule has 0 radical (unpaired) electrons. The minimum absolute atomic E-state index is 0.00175. The zero-order valence-corrected chi connectivity index (χ0v) is 21.1. The second-order valence-corrected chi connectivity index (χ2v) is 10.9. The lowest BCUT2D eigenvalue weighted by Crippen LogP contribution is -2.19. The fourth-order valence-electron chi connectivity index (χ4n) is 3.20. The Bertz CT molecular complexity index is 1620. The largest absolute Gasteiger partial charge is 0.379 e. The Morgan fingerprint density at radius 2 is 1.16 bits per heavy atom. The first-order valence-electron chi connectivity index (χ1n) is 10.9. The van der Waals surface area contributed by atoms with E-state index in [0.29, 0.717) is 5.56 Å². The predicted molar refractivity (Wildman–Crippen MR) is 139 cm³/mol. The van der Waals surface area contributed by atoms with Crippen molar-refractivity contribution in [2.45, 2.75) is 16.7 Å². The first-order valence-corrected chi connectivity index (χ1v) is 13.7. The van der Waals surface area contributed by atoms with Crippen LogP contribution in [0.5, 0.6) is 11.5 Å². The van der Waals surface area contributed by atoms with Gasteiger partial charge in [0.2, 0.25) is 0 Å². The molecule has 37 heavy (non-hydrogen) atoms.